The van der Waals surface area contributed by atoms with Crippen LogP contribution in [0.4, 0.5) is 5.82 Å². The number of carbonyl (C=O) groups excluding carboxylic acids is 6. The Morgan fingerprint density at radius 1 is 0.791 bits per heavy atom. The number of pyridine rings is 2. The molecule has 0 spiro atoms. The van der Waals surface area contributed by atoms with Gasteiger partial charge in [0.25, 0.3) is 17.7 Å². The second kappa shape index (κ2) is 23.5. The van der Waals surface area contributed by atoms with Crippen molar-refractivity contribution in [2.45, 2.75) is 100 Å². The number of nitrogens with one attached hydrogen (secondary N) is 2. The largest absolute Gasteiger partial charge is 0.357 e. The molecule has 1 atom stereocenters. The molecule has 4 saturated heterocycles. The van der Waals surface area contributed by atoms with E-state index in [0.29, 0.717) is 35.2 Å². The van der Waals surface area contributed by atoms with Gasteiger partial charge in [0, 0.05) is 101 Å². The summed E-state index contributed by atoms with van der Waals surface area (Å²) in [4.78, 5) is 96.0. The number of hydrogen-bond donors (Lipinski definition) is 2. The predicted molar refractivity (Wildman–Crippen MR) is 259 cm³/mol. The predicted octanol–water partition coefficient (Wildman–Crippen LogP) is 5.67. The number of thioether (sulfide) groups is 1. The van der Waals surface area contributed by atoms with Gasteiger partial charge in [0.05, 0.1) is 16.7 Å². The number of imide groups is 2. The molecule has 1 unspecified atom stereocenters. The van der Waals surface area contributed by atoms with Crippen LogP contribution in [0.25, 0.3) is 6.08 Å². The highest BCUT2D eigenvalue weighted by atomic mass is 32.2. The van der Waals surface area contributed by atoms with Gasteiger partial charge in [0.2, 0.25) is 17.7 Å². The summed E-state index contributed by atoms with van der Waals surface area (Å²) in [5, 5.41) is 5.21. The number of likely N-dealkylation sites (tertiary alicyclic amines) is 1. The molecule has 0 saturated carbocycles. The fourth-order valence-corrected chi connectivity index (χ4v) is 11.1. The Bertz CT molecular complexity index is 2240. The molecule has 5 aliphatic heterocycles. The Labute approximate surface area is 398 Å². The zero-order valence-electron chi connectivity index (χ0n) is 38.6. The van der Waals surface area contributed by atoms with E-state index in [1.807, 2.05) is 35.2 Å². The monoisotopic (exact) mass is 931 g/mol. The molecule has 4 fully saturated rings. The lowest BCUT2D eigenvalue weighted by Gasteiger charge is -2.43. The molecule has 6 amide bonds. The summed E-state index contributed by atoms with van der Waals surface area (Å²) < 4.78 is 0. The van der Waals surface area contributed by atoms with Crippen molar-refractivity contribution in [1.29, 1.82) is 0 Å². The van der Waals surface area contributed by atoms with Crippen molar-refractivity contribution >= 4 is 59.1 Å². The molecule has 0 radical (unpaired) electrons. The molecule has 1 aromatic carbocycles. The topological polar surface area (TPSA) is 168 Å². The Morgan fingerprint density at radius 2 is 1.58 bits per heavy atom. The van der Waals surface area contributed by atoms with E-state index in [2.05, 4.69) is 30.3 Å². The van der Waals surface area contributed by atoms with Gasteiger partial charge in [0.15, 0.2) is 0 Å². The lowest BCUT2D eigenvalue weighted by Crippen LogP contribution is -2.54. The van der Waals surface area contributed by atoms with E-state index in [4.69, 9.17) is 4.98 Å². The minimum Gasteiger partial charge on any atom is -0.357 e. The van der Waals surface area contributed by atoms with Gasteiger partial charge in [-0.25, -0.2) is 4.98 Å². The van der Waals surface area contributed by atoms with Gasteiger partial charge in [-0.2, -0.15) is 0 Å². The van der Waals surface area contributed by atoms with Crippen LogP contribution in [0.2, 0.25) is 0 Å². The first-order valence-corrected chi connectivity index (χ1v) is 25.5. The first-order chi connectivity index (χ1) is 32.7. The number of piperidine rings is 3. The maximum Gasteiger partial charge on any atom is 0.262 e. The van der Waals surface area contributed by atoms with E-state index < -0.39 is 23.8 Å². The Kier molecular flexibility index (Phi) is 16.9. The number of unbranched alkanes of at least 4 members (excludes halogenated alkanes) is 4. The molecular weight excluding hydrogens is 867 g/mol. The fraction of sp³-hybridized carbons (Fsp3) is 0.529. The standard InChI is InChI=1S/C51H65N9O6S/c61-46(16-10-38-9-7-22-52-35-38)53-23-4-3-8-37-18-25-59(26-19-37)49(64)39-11-15-45(54-36-39)58-27-20-40(21-28-58)57-31-29-56(30-32-57)24-5-1-2-6-33-67-41-12-13-42-43(34-41)51(66)60(50(42)65)44-14-17-47(62)55-48(44)63/h7,9-13,15-16,22,34-37,40,44H,1-6,8,14,17-21,23-33H2,(H,53,61)(H,55,62,63)/b16-10+. The van der Waals surface area contributed by atoms with Crippen molar-refractivity contribution in [2.24, 2.45) is 5.92 Å². The number of amides is 6. The summed E-state index contributed by atoms with van der Waals surface area (Å²) in [6, 6.07) is 12.7. The van der Waals surface area contributed by atoms with Crippen molar-refractivity contribution in [3.8, 4) is 0 Å². The second-order valence-corrected chi connectivity index (χ2v) is 19.7. The second-order valence-electron chi connectivity index (χ2n) is 18.6. The third kappa shape index (κ3) is 12.8. The van der Waals surface area contributed by atoms with Crippen molar-refractivity contribution in [3.05, 3.63) is 89.4 Å². The highest BCUT2D eigenvalue weighted by Gasteiger charge is 2.44. The van der Waals surface area contributed by atoms with E-state index in [1.165, 1.54) is 12.8 Å². The van der Waals surface area contributed by atoms with E-state index in [1.54, 1.807) is 54.6 Å². The van der Waals surface area contributed by atoms with Crippen LogP contribution in [0, 0.1) is 5.92 Å². The van der Waals surface area contributed by atoms with Crippen molar-refractivity contribution in [2.75, 3.05) is 76.1 Å². The van der Waals surface area contributed by atoms with Gasteiger partial charge in [-0.05, 0) is 118 Å². The zero-order valence-corrected chi connectivity index (χ0v) is 39.4. The van der Waals surface area contributed by atoms with Crippen LogP contribution in [0.1, 0.15) is 120 Å². The summed E-state index contributed by atoms with van der Waals surface area (Å²) in [6.45, 7) is 9.73. The normalized spacial score (nSPS) is 20.2. The van der Waals surface area contributed by atoms with E-state index in [0.717, 1.165) is 144 Å². The summed E-state index contributed by atoms with van der Waals surface area (Å²) in [5.41, 5.74) is 2.21. The molecule has 67 heavy (non-hydrogen) atoms. The molecule has 356 valence electrons. The SMILES string of the molecule is O=C(/C=C/c1cccnc1)NCCCCC1CCN(C(=O)c2ccc(N3CCC(N4CCN(CCCCCCSc5ccc6c(c5)C(=O)N(C5CCC(=O)NC5=O)C6=O)CC4)CC3)nc2)CC1. The average Bonchev–Trinajstić information content (AvgIpc) is 3.60. The van der Waals surface area contributed by atoms with Gasteiger partial charge >= 0.3 is 0 Å². The van der Waals surface area contributed by atoms with Crippen LogP contribution in [0.15, 0.2) is 72.0 Å². The summed E-state index contributed by atoms with van der Waals surface area (Å²) in [5.74, 6) is 0.570. The van der Waals surface area contributed by atoms with Gasteiger partial charge in [0.1, 0.15) is 11.9 Å². The number of rotatable bonds is 19. The van der Waals surface area contributed by atoms with Crippen LogP contribution >= 0.6 is 11.8 Å². The lowest BCUT2D eigenvalue weighted by atomic mass is 9.91. The molecule has 0 aliphatic carbocycles. The average molecular weight is 932 g/mol. The highest BCUT2D eigenvalue weighted by molar-refractivity contribution is 7.99. The third-order valence-electron chi connectivity index (χ3n) is 14.1. The van der Waals surface area contributed by atoms with E-state index in [9.17, 15) is 28.8 Å². The summed E-state index contributed by atoms with van der Waals surface area (Å²) >= 11 is 1.68. The number of piperazine rings is 1. The molecule has 2 aromatic heterocycles. The molecule has 15 nitrogen and oxygen atoms in total. The zero-order chi connectivity index (χ0) is 46.5. The highest BCUT2D eigenvalue weighted by Crippen LogP contribution is 2.32. The Hall–Kier alpha value is -5.45. The molecule has 7 heterocycles. The Morgan fingerprint density at radius 3 is 2.33 bits per heavy atom. The van der Waals surface area contributed by atoms with Crippen molar-refractivity contribution in [1.82, 2.24) is 40.2 Å². The van der Waals surface area contributed by atoms with Crippen LogP contribution in [0.5, 0.6) is 0 Å². The number of anilines is 1. The maximum atomic E-state index is 13.4. The Balaban J connectivity index is 0.647. The fourth-order valence-electron chi connectivity index (χ4n) is 10.1. The number of hydrogen-bond acceptors (Lipinski definition) is 12. The van der Waals surface area contributed by atoms with Crippen LogP contribution in [-0.4, -0.2) is 148 Å². The van der Waals surface area contributed by atoms with Gasteiger partial charge in [-0.1, -0.05) is 31.7 Å². The summed E-state index contributed by atoms with van der Waals surface area (Å²) in [7, 11) is 0. The number of benzene rings is 1. The third-order valence-corrected chi connectivity index (χ3v) is 15.2. The summed E-state index contributed by atoms with van der Waals surface area (Å²) in [6.07, 6.45) is 20.8. The van der Waals surface area contributed by atoms with Gasteiger partial charge in [-0.3, -0.25) is 48.9 Å². The van der Waals surface area contributed by atoms with Crippen molar-refractivity contribution < 1.29 is 28.8 Å². The molecular formula is C51H65N9O6S. The molecule has 0 bridgehead atoms. The molecule has 3 aromatic rings. The first kappa shape index (κ1) is 48.0. The molecule has 16 heteroatoms. The maximum absolute atomic E-state index is 13.4. The van der Waals surface area contributed by atoms with E-state index >= 15 is 0 Å². The lowest BCUT2D eigenvalue weighted by molar-refractivity contribution is -0.136. The minimum absolute atomic E-state index is 0.0736. The first-order valence-electron chi connectivity index (χ1n) is 24.5. The van der Waals surface area contributed by atoms with E-state index in [-0.39, 0.29) is 30.6 Å². The van der Waals surface area contributed by atoms with Crippen molar-refractivity contribution in [3.63, 3.8) is 0 Å². The number of carbonyl (C=O) groups is 6. The van der Waals surface area contributed by atoms with Crippen LogP contribution in [0.3, 0.4) is 0 Å². The van der Waals surface area contributed by atoms with Crippen LogP contribution in [-0.2, 0) is 14.4 Å². The number of fused-ring (bicyclic) bond motifs is 1. The molecule has 8 rings (SSSR count). The number of aromatic nitrogens is 2. The minimum atomic E-state index is -0.948. The number of nitrogens with zero attached hydrogens (tertiary/aromatic N) is 7. The molecule has 2 N–H and O–H groups in total. The van der Waals surface area contributed by atoms with Gasteiger partial charge in [-0.15, -0.1) is 11.8 Å². The van der Waals surface area contributed by atoms with Crippen LogP contribution < -0.4 is 15.5 Å². The quantitative estimate of drug-likeness (QED) is 0.0656. The smallest absolute Gasteiger partial charge is 0.262 e. The van der Waals surface area contributed by atoms with Gasteiger partial charge < -0.3 is 20.0 Å². The molecule has 5 aliphatic rings.